The number of hydrogen-bond donors (Lipinski definition) is 1. The molecule has 0 saturated heterocycles. The van der Waals surface area contributed by atoms with Gasteiger partial charge in [0, 0.05) is 17.6 Å². The number of benzene rings is 1. The minimum Gasteiger partial charge on any atom is -0.495 e. The Balaban J connectivity index is 1.92. The average molecular weight is 295 g/mol. The number of rotatable bonds is 5. The Morgan fingerprint density at radius 2 is 2.32 bits per heavy atom. The van der Waals surface area contributed by atoms with Gasteiger partial charge in [0.05, 0.1) is 18.2 Å². The third kappa shape index (κ3) is 2.91. The van der Waals surface area contributed by atoms with Crippen molar-refractivity contribution < 1.29 is 4.74 Å². The first-order valence-corrected chi connectivity index (χ1v) is 7.52. The predicted octanol–water partition coefficient (Wildman–Crippen LogP) is 3.65. The number of hydrogen-bond acceptors (Lipinski definition) is 4. The zero-order chi connectivity index (χ0) is 13.2. The lowest BCUT2D eigenvalue weighted by molar-refractivity contribution is 0.414. The maximum absolute atomic E-state index is 6.22. The van der Waals surface area contributed by atoms with Crippen LogP contribution >= 0.6 is 22.9 Å². The molecule has 0 amide bonds. The van der Waals surface area contributed by atoms with Crippen LogP contribution in [0.2, 0.25) is 5.02 Å². The van der Waals surface area contributed by atoms with E-state index in [1.54, 1.807) is 18.4 Å². The van der Waals surface area contributed by atoms with Crippen LogP contribution < -0.4 is 10.1 Å². The van der Waals surface area contributed by atoms with E-state index >= 15 is 0 Å². The van der Waals surface area contributed by atoms with E-state index in [-0.39, 0.29) is 6.04 Å². The summed E-state index contributed by atoms with van der Waals surface area (Å²) in [5, 5.41) is 7.34. The molecule has 2 aromatic rings. The van der Waals surface area contributed by atoms with E-state index in [9.17, 15) is 0 Å². The molecule has 1 unspecified atom stereocenters. The lowest BCUT2D eigenvalue weighted by Crippen LogP contribution is -2.24. The third-order valence-electron chi connectivity index (χ3n) is 3.19. The van der Waals surface area contributed by atoms with E-state index in [0.717, 1.165) is 10.6 Å². The van der Waals surface area contributed by atoms with Gasteiger partial charge >= 0.3 is 0 Å². The van der Waals surface area contributed by atoms with Crippen LogP contribution in [0.3, 0.4) is 0 Å². The number of halogens is 1. The summed E-state index contributed by atoms with van der Waals surface area (Å²) in [6.07, 6.45) is 4.32. The molecule has 100 valence electrons. The smallest absolute Gasteiger partial charge is 0.137 e. The second-order valence-electron chi connectivity index (χ2n) is 4.64. The number of nitrogens with one attached hydrogen (secondary N) is 1. The van der Waals surface area contributed by atoms with Gasteiger partial charge < -0.3 is 10.1 Å². The average Bonchev–Trinajstić information content (AvgIpc) is 3.08. The van der Waals surface area contributed by atoms with Crippen molar-refractivity contribution in [3.05, 3.63) is 45.4 Å². The Kier molecular flexibility index (Phi) is 3.73. The Labute approximate surface area is 121 Å². The van der Waals surface area contributed by atoms with Crippen molar-refractivity contribution in [1.29, 1.82) is 0 Å². The van der Waals surface area contributed by atoms with Crippen molar-refractivity contribution in [2.24, 2.45) is 0 Å². The summed E-state index contributed by atoms with van der Waals surface area (Å²) >= 11 is 7.88. The first-order valence-electron chi connectivity index (χ1n) is 6.27. The summed E-state index contributed by atoms with van der Waals surface area (Å²) in [5.74, 6) is 0.703. The molecule has 1 saturated carbocycles. The molecule has 5 heteroatoms. The SMILES string of the molecule is COc1ccc(C(NC2CC2)c2nccs2)cc1Cl. The Hall–Kier alpha value is -1.10. The minimum absolute atomic E-state index is 0.121. The zero-order valence-corrected chi connectivity index (χ0v) is 12.2. The van der Waals surface area contributed by atoms with Crippen molar-refractivity contribution >= 4 is 22.9 Å². The fraction of sp³-hybridized carbons (Fsp3) is 0.357. The van der Waals surface area contributed by atoms with E-state index in [4.69, 9.17) is 16.3 Å². The van der Waals surface area contributed by atoms with Gasteiger partial charge in [-0.3, -0.25) is 0 Å². The van der Waals surface area contributed by atoms with Crippen LogP contribution in [-0.4, -0.2) is 18.1 Å². The van der Waals surface area contributed by atoms with Gasteiger partial charge in [-0.15, -0.1) is 11.3 Å². The van der Waals surface area contributed by atoms with Crippen LogP contribution in [0.1, 0.15) is 29.5 Å². The quantitative estimate of drug-likeness (QED) is 0.914. The third-order valence-corrected chi connectivity index (χ3v) is 4.32. The highest BCUT2D eigenvalue weighted by Gasteiger charge is 2.27. The highest BCUT2D eigenvalue weighted by Crippen LogP contribution is 2.33. The lowest BCUT2D eigenvalue weighted by atomic mass is 10.1. The molecule has 1 heterocycles. The second-order valence-corrected chi connectivity index (χ2v) is 5.97. The minimum atomic E-state index is 0.121. The highest BCUT2D eigenvalue weighted by molar-refractivity contribution is 7.09. The predicted molar refractivity (Wildman–Crippen MR) is 78.1 cm³/mol. The van der Waals surface area contributed by atoms with Crippen LogP contribution in [0.25, 0.3) is 0 Å². The topological polar surface area (TPSA) is 34.1 Å². The summed E-state index contributed by atoms with van der Waals surface area (Å²) in [4.78, 5) is 4.43. The summed E-state index contributed by atoms with van der Waals surface area (Å²) in [6, 6.07) is 6.64. The fourth-order valence-electron chi connectivity index (χ4n) is 2.04. The van der Waals surface area contributed by atoms with Gasteiger partial charge in [-0.2, -0.15) is 0 Å². The van der Waals surface area contributed by atoms with Gasteiger partial charge in [0.15, 0.2) is 0 Å². The molecule has 1 aromatic heterocycles. The highest BCUT2D eigenvalue weighted by atomic mass is 35.5. The van der Waals surface area contributed by atoms with Crippen molar-refractivity contribution in [1.82, 2.24) is 10.3 Å². The lowest BCUT2D eigenvalue weighted by Gasteiger charge is -2.17. The Morgan fingerprint density at radius 1 is 1.47 bits per heavy atom. The van der Waals surface area contributed by atoms with Crippen molar-refractivity contribution in [2.45, 2.75) is 24.9 Å². The fourth-order valence-corrected chi connectivity index (χ4v) is 3.02. The van der Waals surface area contributed by atoms with Crippen molar-refractivity contribution in [2.75, 3.05) is 7.11 Å². The number of thiazole rings is 1. The molecular weight excluding hydrogens is 280 g/mol. The molecule has 1 aromatic carbocycles. The number of methoxy groups -OCH3 is 1. The molecule has 1 aliphatic rings. The van der Waals surface area contributed by atoms with E-state index in [2.05, 4.69) is 10.3 Å². The zero-order valence-electron chi connectivity index (χ0n) is 10.6. The normalized spacial score (nSPS) is 16.3. The second kappa shape index (κ2) is 5.49. The number of aromatic nitrogens is 1. The molecule has 1 aliphatic carbocycles. The molecule has 0 spiro atoms. The van der Waals surface area contributed by atoms with E-state index in [1.807, 2.05) is 29.8 Å². The van der Waals surface area contributed by atoms with Gasteiger partial charge in [-0.05, 0) is 30.5 Å². The Bertz CT molecular complexity index is 555. The molecule has 19 heavy (non-hydrogen) atoms. The first kappa shape index (κ1) is 12.9. The van der Waals surface area contributed by atoms with Gasteiger partial charge in [-0.1, -0.05) is 17.7 Å². The molecule has 3 rings (SSSR count). The van der Waals surface area contributed by atoms with Crippen molar-refractivity contribution in [3.8, 4) is 5.75 Å². The van der Waals surface area contributed by atoms with E-state index in [1.165, 1.54) is 12.8 Å². The molecule has 3 nitrogen and oxygen atoms in total. The van der Waals surface area contributed by atoms with Crippen molar-refractivity contribution in [3.63, 3.8) is 0 Å². The van der Waals surface area contributed by atoms with Gasteiger partial charge in [0.25, 0.3) is 0 Å². The molecular formula is C14H15ClN2OS. The van der Waals surface area contributed by atoms with Crippen LogP contribution in [0.15, 0.2) is 29.8 Å². The Morgan fingerprint density at radius 3 is 2.89 bits per heavy atom. The van der Waals surface area contributed by atoms with Crippen LogP contribution in [-0.2, 0) is 0 Å². The first-order chi connectivity index (χ1) is 9.28. The largest absolute Gasteiger partial charge is 0.495 e. The number of ether oxygens (including phenoxy) is 1. The van der Waals surface area contributed by atoms with Gasteiger partial charge in [0.2, 0.25) is 0 Å². The molecule has 0 radical (unpaired) electrons. The number of nitrogens with zero attached hydrogens (tertiary/aromatic N) is 1. The molecule has 1 fully saturated rings. The summed E-state index contributed by atoms with van der Waals surface area (Å²) in [7, 11) is 1.63. The van der Waals surface area contributed by atoms with Crippen LogP contribution in [0, 0.1) is 0 Å². The standard InChI is InChI=1S/C14H15ClN2OS/c1-18-12-5-2-9(8-11(12)15)13(17-10-3-4-10)14-16-6-7-19-14/h2,5-8,10,13,17H,3-4H2,1H3. The van der Waals surface area contributed by atoms with Crippen LogP contribution in [0.4, 0.5) is 0 Å². The summed E-state index contributed by atoms with van der Waals surface area (Å²) < 4.78 is 5.20. The monoisotopic (exact) mass is 294 g/mol. The molecule has 1 N–H and O–H groups in total. The van der Waals surface area contributed by atoms with E-state index < -0.39 is 0 Å². The van der Waals surface area contributed by atoms with E-state index in [0.29, 0.717) is 16.8 Å². The summed E-state index contributed by atoms with van der Waals surface area (Å²) in [6.45, 7) is 0. The van der Waals surface area contributed by atoms with Gasteiger partial charge in [0.1, 0.15) is 10.8 Å². The molecule has 0 aliphatic heterocycles. The maximum Gasteiger partial charge on any atom is 0.137 e. The molecule has 1 atom stereocenters. The summed E-state index contributed by atoms with van der Waals surface area (Å²) in [5.41, 5.74) is 1.13. The molecule has 0 bridgehead atoms. The maximum atomic E-state index is 6.22. The van der Waals surface area contributed by atoms with Crippen LogP contribution in [0.5, 0.6) is 5.75 Å². The van der Waals surface area contributed by atoms with Gasteiger partial charge in [-0.25, -0.2) is 4.98 Å².